The van der Waals surface area contributed by atoms with Crippen LogP contribution >= 0.6 is 0 Å². The van der Waals surface area contributed by atoms with Crippen molar-refractivity contribution < 1.29 is 28.5 Å². The summed E-state index contributed by atoms with van der Waals surface area (Å²) in [4.78, 5) is 10.7. The Hall–Kier alpha value is -1.73. The van der Waals surface area contributed by atoms with Crippen molar-refractivity contribution in [3.05, 3.63) is 35.4 Å². The Morgan fingerprint density at radius 2 is 2.16 bits per heavy atom. The van der Waals surface area contributed by atoms with Gasteiger partial charge in [0.15, 0.2) is 0 Å². The van der Waals surface area contributed by atoms with Gasteiger partial charge in [0.25, 0.3) is 0 Å². The van der Waals surface area contributed by atoms with E-state index in [2.05, 4.69) is 5.32 Å². The van der Waals surface area contributed by atoms with Gasteiger partial charge in [-0.2, -0.15) is 0 Å². The first kappa shape index (κ1) is 13.7. The molecule has 3 N–H and O–H groups in total. The highest BCUT2D eigenvalue weighted by Gasteiger charge is 2.34. The molecular formula is C12H13F2NO4. The largest absolute Gasteiger partial charge is 0.465 e. The number of hydrogen-bond donors (Lipinski definition) is 3. The minimum absolute atomic E-state index is 0.0571. The van der Waals surface area contributed by atoms with E-state index in [1.54, 1.807) is 0 Å². The van der Waals surface area contributed by atoms with E-state index in [4.69, 9.17) is 9.84 Å². The lowest BCUT2D eigenvalue weighted by atomic mass is 9.94. The number of aliphatic hydroxyl groups excluding tert-OH is 1. The van der Waals surface area contributed by atoms with Gasteiger partial charge in [-0.05, 0) is 24.6 Å². The molecule has 2 rings (SSSR count). The van der Waals surface area contributed by atoms with Crippen molar-refractivity contribution in [3.63, 3.8) is 0 Å². The lowest BCUT2D eigenvalue weighted by molar-refractivity contribution is -0.0759. The van der Waals surface area contributed by atoms with E-state index >= 15 is 0 Å². The fourth-order valence-electron chi connectivity index (χ4n) is 2.15. The van der Waals surface area contributed by atoms with Crippen LogP contribution in [0.3, 0.4) is 0 Å². The van der Waals surface area contributed by atoms with Crippen LogP contribution in [0.25, 0.3) is 0 Å². The number of hydrogen-bond acceptors (Lipinski definition) is 3. The van der Waals surface area contributed by atoms with Crippen LogP contribution in [0.4, 0.5) is 13.6 Å². The molecule has 1 heterocycles. The van der Waals surface area contributed by atoms with Crippen molar-refractivity contribution in [2.75, 3.05) is 6.61 Å². The summed E-state index contributed by atoms with van der Waals surface area (Å²) in [7, 11) is 0. The summed E-state index contributed by atoms with van der Waals surface area (Å²) >= 11 is 0. The molecule has 1 saturated heterocycles. The highest BCUT2D eigenvalue weighted by Crippen LogP contribution is 2.30. The molecule has 5 nitrogen and oxygen atoms in total. The molecule has 1 aromatic carbocycles. The van der Waals surface area contributed by atoms with Crippen molar-refractivity contribution in [2.45, 2.75) is 24.7 Å². The van der Waals surface area contributed by atoms with Gasteiger partial charge in [0.05, 0.1) is 18.8 Å². The van der Waals surface area contributed by atoms with Crippen molar-refractivity contribution >= 4 is 6.09 Å². The highest BCUT2D eigenvalue weighted by atomic mass is 19.1. The first-order valence-electron chi connectivity index (χ1n) is 5.71. The molecule has 0 spiro atoms. The Kier molecular flexibility index (Phi) is 3.96. The summed E-state index contributed by atoms with van der Waals surface area (Å²) in [6.07, 6.45) is -3.04. The Labute approximate surface area is 107 Å². The molecule has 0 saturated carbocycles. The number of ether oxygens (including phenoxy) is 1. The molecule has 0 radical (unpaired) electrons. The van der Waals surface area contributed by atoms with Crippen LogP contribution in [-0.4, -0.2) is 35.1 Å². The summed E-state index contributed by atoms with van der Waals surface area (Å²) in [6, 6.07) is 2.05. The predicted molar refractivity (Wildman–Crippen MR) is 60.6 cm³/mol. The second-order valence-corrected chi connectivity index (χ2v) is 4.37. The third-order valence-corrected chi connectivity index (χ3v) is 2.93. The van der Waals surface area contributed by atoms with E-state index in [0.29, 0.717) is 0 Å². The quantitative estimate of drug-likeness (QED) is 0.761. The van der Waals surface area contributed by atoms with E-state index in [-0.39, 0.29) is 18.6 Å². The van der Waals surface area contributed by atoms with Crippen LogP contribution in [0, 0.1) is 11.6 Å². The predicted octanol–water partition coefficient (Wildman–Crippen LogP) is 1.42. The van der Waals surface area contributed by atoms with E-state index in [0.717, 1.165) is 18.2 Å². The fourth-order valence-corrected chi connectivity index (χ4v) is 2.15. The third kappa shape index (κ3) is 3.18. The summed E-state index contributed by atoms with van der Waals surface area (Å²) in [5, 5.41) is 20.3. The van der Waals surface area contributed by atoms with Crippen LogP contribution in [0.5, 0.6) is 0 Å². The van der Waals surface area contributed by atoms with Crippen LogP contribution in [0.2, 0.25) is 0 Å². The number of rotatable bonds is 2. The van der Waals surface area contributed by atoms with Gasteiger partial charge in [0, 0.05) is 5.56 Å². The molecule has 104 valence electrons. The third-order valence-electron chi connectivity index (χ3n) is 2.93. The molecular weight excluding hydrogens is 260 g/mol. The molecule has 7 heteroatoms. The second kappa shape index (κ2) is 5.50. The average molecular weight is 273 g/mol. The zero-order valence-corrected chi connectivity index (χ0v) is 9.85. The maximum absolute atomic E-state index is 13.7. The summed E-state index contributed by atoms with van der Waals surface area (Å²) in [5.74, 6) is -1.32. The fraction of sp³-hybridized carbons (Fsp3) is 0.417. The molecule has 3 atom stereocenters. The maximum atomic E-state index is 13.7. The van der Waals surface area contributed by atoms with Crippen LogP contribution in [0.1, 0.15) is 18.1 Å². The average Bonchev–Trinajstić information content (AvgIpc) is 2.32. The van der Waals surface area contributed by atoms with Crippen LogP contribution in [-0.2, 0) is 4.74 Å². The van der Waals surface area contributed by atoms with Crippen molar-refractivity contribution in [2.24, 2.45) is 0 Å². The van der Waals surface area contributed by atoms with Crippen molar-refractivity contribution in [3.8, 4) is 0 Å². The molecule has 1 unspecified atom stereocenters. The molecule has 1 aromatic rings. The lowest BCUT2D eigenvalue weighted by Gasteiger charge is -2.34. The molecule has 0 bridgehead atoms. The zero-order valence-electron chi connectivity index (χ0n) is 9.85. The minimum Gasteiger partial charge on any atom is -0.465 e. The number of benzene rings is 1. The van der Waals surface area contributed by atoms with Gasteiger partial charge in [0.1, 0.15) is 17.7 Å². The summed E-state index contributed by atoms with van der Waals surface area (Å²) in [5.41, 5.74) is -0.0642. The maximum Gasteiger partial charge on any atom is 0.404 e. The zero-order chi connectivity index (χ0) is 14.0. The highest BCUT2D eigenvalue weighted by molar-refractivity contribution is 5.65. The van der Waals surface area contributed by atoms with E-state index in [9.17, 15) is 18.7 Å². The first-order chi connectivity index (χ1) is 8.97. The number of carboxylic acid groups (broad SMARTS) is 1. The van der Waals surface area contributed by atoms with E-state index < -0.39 is 36.0 Å². The monoisotopic (exact) mass is 273 g/mol. The van der Waals surface area contributed by atoms with Crippen molar-refractivity contribution in [1.82, 2.24) is 5.32 Å². The summed E-state index contributed by atoms with van der Waals surface area (Å²) < 4.78 is 32.1. The molecule has 0 aromatic heterocycles. The van der Waals surface area contributed by atoms with Crippen molar-refractivity contribution in [1.29, 1.82) is 0 Å². The Morgan fingerprint density at radius 1 is 1.42 bits per heavy atom. The number of nitrogens with one attached hydrogen (secondary N) is 1. The molecule has 1 aliphatic heterocycles. The summed E-state index contributed by atoms with van der Waals surface area (Å²) in [6.45, 7) is -0.0571. The van der Waals surface area contributed by atoms with Crippen LogP contribution in [0.15, 0.2) is 18.2 Å². The van der Waals surface area contributed by atoms with Crippen LogP contribution < -0.4 is 5.32 Å². The Balaban J connectivity index is 2.28. The molecule has 1 aliphatic rings. The number of amides is 1. The van der Waals surface area contributed by atoms with Gasteiger partial charge in [-0.25, -0.2) is 13.6 Å². The van der Waals surface area contributed by atoms with Gasteiger partial charge in [-0.15, -0.1) is 0 Å². The Bertz CT molecular complexity index is 483. The minimum atomic E-state index is -1.32. The van der Waals surface area contributed by atoms with E-state index in [1.807, 2.05) is 0 Å². The smallest absolute Gasteiger partial charge is 0.404 e. The van der Waals surface area contributed by atoms with E-state index in [1.165, 1.54) is 0 Å². The second-order valence-electron chi connectivity index (χ2n) is 4.37. The lowest BCUT2D eigenvalue weighted by Crippen LogP contribution is -2.46. The Morgan fingerprint density at radius 3 is 2.84 bits per heavy atom. The number of aliphatic hydroxyl groups is 1. The standard InChI is InChI=1S/C12H13F2NO4/c13-6-1-2-9(14)8(3-6)11-10(15-12(17)18)4-7(16)5-19-11/h1-3,7,10-11,15-16H,4-5H2,(H,17,18)/t7?,10-,11-/m1/s1. The molecule has 19 heavy (non-hydrogen) atoms. The van der Waals surface area contributed by atoms with Gasteiger partial charge in [-0.3, -0.25) is 0 Å². The van der Waals surface area contributed by atoms with Gasteiger partial charge >= 0.3 is 6.09 Å². The molecule has 1 fully saturated rings. The topological polar surface area (TPSA) is 78.8 Å². The van der Waals surface area contributed by atoms with Gasteiger partial charge in [0.2, 0.25) is 0 Å². The number of halogens is 2. The SMILES string of the molecule is O=C(O)N[C@@H]1CC(O)CO[C@@H]1c1cc(F)ccc1F. The van der Waals surface area contributed by atoms with Gasteiger partial charge in [-0.1, -0.05) is 0 Å². The first-order valence-corrected chi connectivity index (χ1v) is 5.71. The molecule has 0 aliphatic carbocycles. The normalized spacial score (nSPS) is 27.0. The van der Waals surface area contributed by atoms with Gasteiger partial charge < -0.3 is 20.3 Å². The number of carbonyl (C=O) groups is 1. The molecule has 1 amide bonds.